The van der Waals surface area contributed by atoms with Crippen molar-refractivity contribution in [2.75, 3.05) is 13.2 Å². The number of amides is 1. The van der Waals surface area contributed by atoms with Gasteiger partial charge in [-0.3, -0.25) is 9.59 Å². The molecule has 2 N–H and O–H groups in total. The van der Waals surface area contributed by atoms with Crippen molar-refractivity contribution < 1.29 is 19.4 Å². The maximum atomic E-state index is 12.0. The van der Waals surface area contributed by atoms with Crippen molar-refractivity contribution in [1.82, 2.24) is 5.32 Å². The third-order valence-corrected chi connectivity index (χ3v) is 4.02. The lowest BCUT2D eigenvalue weighted by molar-refractivity contribution is -0.140. The summed E-state index contributed by atoms with van der Waals surface area (Å²) >= 11 is 0. The molecule has 0 aromatic heterocycles. The number of rotatable bonds is 5. The Labute approximate surface area is 107 Å². The van der Waals surface area contributed by atoms with Gasteiger partial charge >= 0.3 is 5.97 Å². The summed E-state index contributed by atoms with van der Waals surface area (Å²) in [5.74, 6) is -0.817. The Morgan fingerprint density at radius 2 is 2.00 bits per heavy atom. The van der Waals surface area contributed by atoms with Crippen molar-refractivity contribution in [2.45, 2.75) is 51.0 Å². The van der Waals surface area contributed by atoms with E-state index in [2.05, 4.69) is 5.32 Å². The number of nitrogens with one attached hydrogen (secondary N) is 1. The molecular formula is C13H21NO4. The minimum absolute atomic E-state index is 0.0198. The fraction of sp³-hybridized carbons (Fsp3) is 0.846. The summed E-state index contributed by atoms with van der Waals surface area (Å²) in [4.78, 5) is 22.9. The Kier molecular flexibility index (Phi) is 4.22. The first-order chi connectivity index (χ1) is 8.60. The topological polar surface area (TPSA) is 75.6 Å². The zero-order valence-corrected chi connectivity index (χ0v) is 10.6. The van der Waals surface area contributed by atoms with Gasteiger partial charge in [-0.2, -0.15) is 0 Å². The van der Waals surface area contributed by atoms with E-state index in [0.29, 0.717) is 19.6 Å². The van der Waals surface area contributed by atoms with E-state index in [1.54, 1.807) is 0 Å². The molecule has 102 valence electrons. The normalized spacial score (nSPS) is 26.1. The van der Waals surface area contributed by atoms with Gasteiger partial charge in [-0.15, -0.1) is 0 Å². The summed E-state index contributed by atoms with van der Waals surface area (Å²) in [6, 6.07) is 0.112. The Morgan fingerprint density at radius 1 is 1.28 bits per heavy atom. The second-order valence-corrected chi connectivity index (χ2v) is 5.58. The maximum absolute atomic E-state index is 12.0. The summed E-state index contributed by atoms with van der Waals surface area (Å²) in [5.41, 5.74) is -0.310. The van der Waals surface area contributed by atoms with Crippen LogP contribution in [0, 0.1) is 5.41 Å². The number of hydrogen-bond donors (Lipinski definition) is 2. The summed E-state index contributed by atoms with van der Waals surface area (Å²) < 4.78 is 5.21. The molecule has 0 aromatic carbocycles. The lowest BCUT2D eigenvalue weighted by Crippen LogP contribution is -2.38. The molecular weight excluding hydrogens is 234 g/mol. The molecule has 0 bridgehead atoms. The molecule has 2 rings (SSSR count). The number of carboxylic acids is 1. The van der Waals surface area contributed by atoms with Crippen molar-refractivity contribution in [2.24, 2.45) is 5.41 Å². The quantitative estimate of drug-likeness (QED) is 0.776. The zero-order chi connectivity index (χ0) is 13.0. The number of carboxylic acid groups (broad SMARTS) is 1. The average Bonchev–Trinajstić information content (AvgIpc) is 2.89. The van der Waals surface area contributed by atoms with Gasteiger partial charge in [-0.1, -0.05) is 12.8 Å². The van der Waals surface area contributed by atoms with Crippen LogP contribution in [0.4, 0.5) is 0 Å². The van der Waals surface area contributed by atoms with Crippen LogP contribution in [0.15, 0.2) is 0 Å². The standard InChI is InChI=1S/C13H21NO4/c15-11(14-10-3-6-18-9-10)7-13(8-12(16)17)4-1-2-5-13/h10H,1-9H2,(H,14,15)(H,16,17). The van der Waals surface area contributed by atoms with E-state index in [1.165, 1.54) is 0 Å². The van der Waals surface area contributed by atoms with Crippen molar-refractivity contribution in [3.05, 3.63) is 0 Å². The molecule has 1 heterocycles. The molecule has 1 aliphatic heterocycles. The van der Waals surface area contributed by atoms with Gasteiger partial charge in [-0.05, 0) is 24.7 Å². The fourth-order valence-electron chi connectivity index (χ4n) is 3.13. The second-order valence-electron chi connectivity index (χ2n) is 5.58. The smallest absolute Gasteiger partial charge is 0.303 e. The predicted molar refractivity (Wildman–Crippen MR) is 65.1 cm³/mol. The molecule has 5 nitrogen and oxygen atoms in total. The van der Waals surface area contributed by atoms with Crippen molar-refractivity contribution >= 4 is 11.9 Å². The number of hydrogen-bond acceptors (Lipinski definition) is 3. The minimum atomic E-state index is -0.797. The van der Waals surface area contributed by atoms with E-state index in [9.17, 15) is 9.59 Å². The Bertz CT molecular complexity index is 317. The van der Waals surface area contributed by atoms with Gasteiger partial charge in [0.05, 0.1) is 19.1 Å². The van der Waals surface area contributed by atoms with E-state index in [4.69, 9.17) is 9.84 Å². The number of ether oxygens (including phenoxy) is 1. The predicted octanol–water partition coefficient (Wildman–Crippen LogP) is 1.32. The van der Waals surface area contributed by atoms with Crippen molar-refractivity contribution in [3.63, 3.8) is 0 Å². The van der Waals surface area contributed by atoms with Crippen LogP contribution in [0.1, 0.15) is 44.9 Å². The molecule has 1 saturated heterocycles. The largest absolute Gasteiger partial charge is 0.481 e. The highest BCUT2D eigenvalue weighted by Gasteiger charge is 2.38. The van der Waals surface area contributed by atoms with Crippen LogP contribution in [0.3, 0.4) is 0 Å². The van der Waals surface area contributed by atoms with Gasteiger partial charge in [0.15, 0.2) is 0 Å². The Morgan fingerprint density at radius 3 is 2.56 bits per heavy atom. The van der Waals surface area contributed by atoms with E-state index in [0.717, 1.165) is 32.1 Å². The molecule has 1 saturated carbocycles. The van der Waals surface area contributed by atoms with Crippen molar-refractivity contribution in [1.29, 1.82) is 0 Å². The van der Waals surface area contributed by atoms with Crippen LogP contribution in [0.2, 0.25) is 0 Å². The van der Waals surface area contributed by atoms with Gasteiger partial charge < -0.3 is 15.2 Å². The highest BCUT2D eigenvalue weighted by molar-refractivity contribution is 5.78. The van der Waals surface area contributed by atoms with Gasteiger partial charge in [0, 0.05) is 13.0 Å². The Balaban J connectivity index is 1.87. The van der Waals surface area contributed by atoms with Crippen LogP contribution >= 0.6 is 0 Å². The third kappa shape index (κ3) is 3.45. The average molecular weight is 255 g/mol. The highest BCUT2D eigenvalue weighted by atomic mass is 16.5. The van der Waals surface area contributed by atoms with Gasteiger partial charge in [0.2, 0.25) is 5.91 Å². The summed E-state index contributed by atoms with van der Waals surface area (Å²) in [7, 11) is 0. The maximum Gasteiger partial charge on any atom is 0.303 e. The van der Waals surface area contributed by atoms with Gasteiger partial charge in [-0.25, -0.2) is 0 Å². The lowest BCUT2D eigenvalue weighted by Gasteiger charge is -2.27. The molecule has 1 aliphatic carbocycles. The molecule has 18 heavy (non-hydrogen) atoms. The molecule has 0 spiro atoms. The summed E-state index contributed by atoms with van der Waals surface area (Å²) in [6.45, 7) is 1.28. The first-order valence-electron chi connectivity index (χ1n) is 6.69. The monoisotopic (exact) mass is 255 g/mol. The first kappa shape index (κ1) is 13.3. The van der Waals surface area contributed by atoms with Crippen LogP contribution in [0.5, 0.6) is 0 Å². The molecule has 1 amide bonds. The number of carbonyl (C=O) groups is 2. The number of carbonyl (C=O) groups excluding carboxylic acids is 1. The summed E-state index contributed by atoms with van der Waals surface area (Å²) in [5, 5.41) is 11.9. The first-order valence-corrected chi connectivity index (χ1v) is 6.69. The fourth-order valence-corrected chi connectivity index (χ4v) is 3.13. The highest BCUT2D eigenvalue weighted by Crippen LogP contribution is 2.44. The molecule has 2 aliphatic rings. The van der Waals surface area contributed by atoms with Crippen LogP contribution < -0.4 is 5.32 Å². The minimum Gasteiger partial charge on any atom is -0.481 e. The Hall–Kier alpha value is -1.10. The molecule has 1 unspecified atom stereocenters. The van der Waals surface area contributed by atoms with Crippen molar-refractivity contribution in [3.8, 4) is 0 Å². The van der Waals surface area contributed by atoms with E-state index in [-0.39, 0.29) is 23.8 Å². The lowest BCUT2D eigenvalue weighted by atomic mass is 9.79. The van der Waals surface area contributed by atoms with Gasteiger partial charge in [0.1, 0.15) is 0 Å². The molecule has 0 aromatic rings. The van der Waals surface area contributed by atoms with E-state index < -0.39 is 5.97 Å². The van der Waals surface area contributed by atoms with E-state index in [1.807, 2.05) is 0 Å². The molecule has 1 atom stereocenters. The molecule has 0 radical (unpaired) electrons. The number of aliphatic carboxylic acids is 1. The van der Waals surface area contributed by atoms with Crippen LogP contribution in [0.25, 0.3) is 0 Å². The third-order valence-electron chi connectivity index (χ3n) is 4.02. The zero-order valence-electron chi connectivity index (χ0n) is 10.6. The molecule has 5 heteroatoms. The second kappa shape index (κ2) is 5.69. The SMILES string of the molecule is O=C(O)CC1(CC(=O)NC2CCOC2)CCCC1. The van der Waals surface area contributed by atoms with Crippen LogP contribution in [-0.4, -0.2) is 36.2 Å². The summed E-state index contributed by atoms with van der Waals surface area (Å²) in [6.07, 6.45) is 5.09. The van der Waals surface area contributed by atoms with Crippen LogP contribution in [-0.2, 0) is 14.3 Å². The van der Waals surface area contributed by atoms with E-state index >= 15 is 0 Å². The van der Waals surface area contributed by atoms with Gasteiger partial charge in [0.25, 0.3) is 0 Å². The molecule has 2 fully saturated rings.